The molecule has 0 amide bonds. The van der Waals surface area contributed by atoms with Gasteiger partial charge in [-0.05, 0) is 79.6 Å². The maximum Gasteiger partial charge on any atom is 0.338 e. The fourth-order valence-electron chi connectivity index (χ4n) is 8.39. The molecule has 11 atom stereocenters. The average Bonchev–Trinajstić information content (AvgIpc) is 3.13. The molecule has 0 aliphatic heterocycles. The minimum Gasteiger partial charge on any atom is -0.460 e. The zero-order valence-electron chi connectivity index (χ0n) is 21.1. The van der Waals surface area contributed by atoms with Gasteiger partial charge in [0.25, 0.3) is 0 Å². The molecule has 8 nitrogen and oxygen atoms in total. The van der Waals surface area contributed by atoms with E-state index in [9.17, 15) is 30.0 Å². The lowest BCUT2D eigenvalue weighted by atomic mass is 9.47. The largest absolute Gasteiger partial charge is 0.460 e. The molecule has 5 N–H and O–H groups in total. The van der Waals surface area contributed by atoms with Crippen LogP contribution in [0.25, 0.3) is 0 Å². The van der Waals surface area contributed by atoms with Gasteiger partial charge in [-0.3, -0.25) is 4.79 Å². The molecule has 0 radical (unpaired) electrons. The summed E-state index contributed by atoms with van der Waals surface area (Å²) in [6.45, 7) is 5.92. The lowest BCUT2D eigenvalue weighted by Crippen LogP contribution is -2.50. The predicted molar refractivity (Wildman–Crippen MR) is 127 cm³/mol. The lowest BCUT2D eigenvalue weighted by Gasteiger charge is -2.58. The molecule has 0 spiro atoms. The molecule has 3 fully saturated rings. The Kier molecular flexibility index (Phi) is 7.53. The Morgan fingerprint density at radius 2 is 1.80 bits per heavy atom. The summed E-state index contributed by atoms with van der Waals surface area (Å²) < 4.78 is 5.78. The fourth-order valence-corrected chi connectivity index (χ4v) is 8.39. The molecule has 0 bridgehead atoms. The van der Waals surface area contributed by atoms with Crippen LogP contribution in [0.4, 0.5) is 0 Å². The third-order valence-electron chi connectivity index (χ3n) is 10.4. The van der Waals surface area contributed by atoms with E-state index in [4.69, 9.17) is 9.84 Å². The van der Waals surface area contributed by atoms with Crippen molar-refractivity contribution in [1.29, 1.82) is 0 Å². The summed E-state index contributed by atoms with van der Waals surface area (Å²) in [6, 6.07) is 0. The summed E-state index contributed by atoms with van der Waals surface area (Å²) in [7, 11) is 0. The summed E-state index contributed by atoms with van der Waals surface area (Å²) in [5.74, 6) is 0.696. The zero-order chi connectivity index (χ0) is 25.7. The van der Waals surface area contributed by atoms with Crippen molar-refractivity contribution in [3.05, 3.63) is 11.6 Å². The first-order valence-corrected chi connectivity index (χ1v) is 13.2. The molecule has 4 rings (SSSR count). The van der Waals surface area contributed by atoms with Crippen molar-refractivity contribution in [2.75, 3.05) is 6.61 Å². The Hall–Kier alpha value is -1.32. The predicted octanol–water partition coefficient (Wildman–Crippen LogP) is 1.50. The van der Waals surface area contributed by atoms with Crippen LogP contribution in [0.15, 0.2) is 11.6 Å². The Labute approximate surface area is 207 Å². The summed E-state index contributed by atoms with van der Waals surface area (Å²) in [4.78, 5) is 24.8. The van der Waals surface area contributed by atoms with E-state index in [0.717, 1.165) is 38.5 Å². The van der Waals surface area contributed by atoms with Crippen molar-refractivity contribution in [3.63, 3.8) is 0 Å². The van der Waals surface area contributed by atoms with Crippen LogP contribution in [-0.4, -0.2) is 74.4 Å². The van der Waals surface area contributed by atoms with Crippen LogP contribution < -0.4 is 0 Å². The van der Waals surface area contributed by atoms with Gasteiger partial charge in [0.05, 0.1) is 6.61 Å². The van der Waals surface area contributed by atoms with Crippen molar-refractivity contribution in [2.24, 2.45) is 34.5 Å². The maximum absolute atomic E-state index is 12.8. The number of hydrogen-bond donors (Lipinski definition) is 5. The number of fused-ring (bicyclic) bond motifs is 5. The number of esters is 1. The van der Waals surface area contributed by atoms with Gasteiger partial charge in [0.1, 0.15) is 24.4 Å². The number of aliphatic hydroxyl groups is 5. The highest BCUT2D eigenvalue weighted by molar-refractivity contribution is 5.91. The number of rotatable bonds is 7. The second kappa shape index (κ2) is 9.86. The smallest absolute Gasteiger partial charge is 0.338 e. The highest BCUT2D eigenvalue weighted by atomic mass is 16.6. The first kappa shape index (κ1) is 26.7. The number of allylic oxidation sites excluding steroid dienone is 1. The minimum atomic E-state index is -2.02. The normalized spacial score (nSPS) is 42.1. The van der Waals surface area contributed by atoms with Crippen LogP contribution in [0.5, 0.6) is 0 Å². The van der Waals surface area contributed by atoms with E-state index in [2.05, 4.69) is 20.8 Å². The molecule has 0 aromatic heterocycles. The van der Waals surface area contributed by atoms with E-state index in [0.29, 0.717) is 30.6 Å². The number of hydrogen-bond acceptors (Lipinski definition) is 8. The topological polar surface area (TPSA) is 145 Å². The molecule has 198 valence electrons. The van der Waals surface area contributed by atoms with Gasteiger partial charge >= 0.3 is 5.97 Å². The monoisotopic (exact) mass is 494 g/mol. The second-order valence-electron chi connectivity index (χ2n) is 11.9. The number of ketones is 1. The molecule has 0 aromatic rings. The number of aliphatic hydroxyl groups excluding tert-OH is 5. The molecule has 3 saturated carbocycles. The summed E-state index contributed by atoms with van der Waals surface area (Å²) >= 11 is 0. The van der Waals surface area contributed by atoms with Gasteiger partial charge in [0.15, 0.2) is 11.9 Å². The number of carbonyl (C=O) groups excluding carboxylic acids is 2. The summed E-state index contributed by atoms with van der Waals surface area (Å²) in [6.07, 6.45) is 1.07. The van der Waals surface area contributed by atoms with Crippen molar-refractivity contribution >= 4 is 11.8 Å². The third kappa shape index (κ3) is 4.39. The van der Waals surface area contributed by atoms with Crippen LogP contribution in [0, 0.1) is 34.5 Å². The Morgan fingerprint density at radius 3 is 2.46 bits per heavy atom. The van der Waals surface area contributed by atoms with E-state index >= 15 is 0 Å². The molecule has 0 heterocycles. The van der Waals surface area contributed by atoms with Crippen molar-refractivity contribution in [3.8, 4) is 0 Å². The second-order valence-corrected chi connectivity index (χ2v) is 11.9. The Balaban J connectivity index is 1.51. The molecule has 35 heavy (non-hydrogen) atoms. The first-order chi connectivity index (χ1) is 16.5. The quantitative estimate of drug-likeness (QED) is 0.335. The highest BCUT2D eigenvalue weighted by Crippen LogP contribution is 2.67. The van der Waals surface area contributed by atoms with Crippen LogP contribution in [-0.2, 0) is 14.3 Å². The SMILES string of the molecule is CCC1C(OC(=O)C(O)C(O)C(O)C(O)CO)CC2C3CCC4=CC(=O)CCC4(C)C3CCC12C. The van der Waals surface area contributed by atoms with E-state index in [1.54, 1.807) is 0 Å². The van der Waals surface area contributed by atoms with Gasteiger partial charge in [0.2, 0.25) is 0 Å². The van der Waals surface area contributed by atoms with Crippen molar-refractivity contribution < 1.29 is 39.9 Å². The van der Waals surface area contributed by atoms with Gasteiger partial charge in [-0.25, -0.2) is 4.79 Å². The zero-order valence-corrected chi connectivity index (χ0v) is 21.1. The van der Waals surface area contributed by atoms with Gasteiger partial charge in [0, 0.05) is 12.3 Å². The fraction of sp³-hybridized carbons (Fsp3) is 0.852. The van der Waals surface area contributed by atoms with E-state index < -0.39 is 43.1 Å². The van der Waals surface area contributed by atoms with Crippen LogP contribution in [0.1, 0.15) is 72.1 Å². The molecular formula is C27H42O8. The highest BCUT2D eigenvalue weighted by Gasteiger charge is 2.61. The lowest BCUT2D eigenvalue weighted by molar-refractivity contribution is -0.177. The van der Waals surface area contributed by atoms with E-state index in [-0.39, 0.29) is 22.5 Å². The third-order valence-corrected chi connectivity index (χ3v) is 10.4. The molecular weight excluding hydrogens is 452 g/mol. The van der Waals surface area contributed by atoms with Crippen LogP contribution >= 0.6 is 0 Å². The van der Waals surface area contributed by atoms with Crippen molar-refractivity contribution in [2.45, 2.75) is 103 Å². The Morgan fingerprint density at radius 1 is 1.09 bits per heavy atom. The van der Waals surface area contributed by atoms with Gasteiger partial charge in [-0.2, -0.15) is 0 Å². The Bertz CT molecular complexity index is 856. The minimum absolute atomic E-state index is 0.000901. The van der Waals surface area contributed by atoms with Gasteiger partial charge in [-0.1, -0.05) is 26.3 Å². The van der Waals surface area contributed by atoms with Crippen LogP contribution in [0.2, 0.25) is 0 Å². The molecule has 4 aliphatic rings. The maximum atomic E-state index is 12.8. The van der Waals surface area contributed by atoms with Crippen molar-refractivity contribution in [1.82, 2.24) is 0 Å². The standard InChI is InChI=1S/C27H42O8/c1-4-17-21(35-25(34)24(33)23(32)22(31)20(30)13-28)12-19-16-6-5-14-11-15(29)7-9-26(14,2)18(16)8-10-27(17,19)3/h11,16-24,28,30-33H,4-10,12-13H2,1-3H3. The molecule has 11 unspecified atom stereocenters. The van der Waals surface area contributed by atoms with Gasteiger partial charge < -0.3 is 30.3 Å². The summed E-state index contributed by atoms with van der Waals surface area (Å²) in [5, 5.41) is 48.8. The molecule has 0 saturated heterocycles. The average molecular weight is 495 g/mol. The molecule has 8 heteroatoms. The summed E-state index contributed by atoms with van der Waals surface area (Å²) in [5.41, 5.74) is 1.37. The van der Waals surface area contributed by atoms with Gasteiger partial charge in [-0.15, -0.1) is 0 Å². The number of carbonyl (C=O) groups is 2. The first-order valence-electron chi connectivity index (χ1n) is 13.2. The van der Waals surface area contributed by atoms with E-state index in [1.807, 2.05) is 6.08 Å². The molecule has 4 aliphatic carbocycles. The number of ether oxygens (including phenoxy) is 1. The van der Waals surface area contributed by atoms with E-state index in [1.165, 1.54) is 5.57 Å². The van der Waals surface area contributed by atoms with Crippen LogP contribution in [0.3, 0.4) is 0 Å². The molecule has 0 aromatic carbocycles.